The molecule has 0 radical (unpaired) electrons. The lowest BCUT2D eigenvalue weighted by Gasteiger charge is -2.18. The summed E-state index contributed by atoms with van der Waals surface area (Å²) in [4.78, 5) is 12.4. The predicted octanol–water partition coefficient (Wildman–Crippen LogP) is 3.75. The Morgan fingerprint density at radius 2 is 1.71 bits per heavy atom. The molecular weight excluding hydrogens is 210 g/mol. The fourth-order valence-electron chi connectivity index (χ4n) is 2.25. The molecule has 0 aromatic carbocycles. The number of hydrogen-bond acceptors (Lipinski definition) is 1. The first kappa shape index (κ1) is 14.0. The van der Waals surface area contributed by atoms with E-state index in [0.29, 0.717) is 11.8 Å². The summed E-state index contributed by atoms with van der Waals surface area (Å²) in [6.07, 6.45) is 2.93. The van der Waals surface area contributed by atoms with Gasteiger partial charge in [-0.2, -0.15) is 0 Å². The lowest BCUT2D eigenvalue weighted by Crippen LogP contribution is -2.27. The number of pyridine rings is 1. The van der Waals surface area contributed by atoms with Crippen LogP contribution in [0, 0.1) is 5.92 Å². The molecule has 0 saturated heterocycles. The Hall–Kier alpha value is -1.05. The van der Waals surface area contributed by atoms with Gasteiger partial charge in [0.05, 0.1) is 0 Å². The number of hydrogen-bond donors (Lipinski definition) is 0. The van der Waals surface area contributed by atoms with Crippen LogP contribution in [0.3, 0.4) is 0 Å². The average Bonchev–Trinajstić information content (AvgIpc) is 2.15. The van der Waals surface area contributed by atoms with Crippen molar-refractivity contribution in [3.05, 3.63) is 33.7 Å². The summed E-state index contributed by atoms with van der Waals surface area (Å²) in [7, 11) is 0. The van der Waals surface area contributed by atoms with E-state index in [-0.39, 0.29) is 11.6 Å². The van der Waals surface area contributed by atoms with E-state index in [4.69, 9.17) is 0 Å². The van der Waals surface area contributed by atoms with Gasteiger partial charge < -0.3 is 4.57 Å². The molecular formula is C15H25NO. The summed E-state index contributed by atoms with van der Waals surface area (Å²) in [5.41, 5.74) is 2.40. The van der Waals surface area contributed by atoms with E-state index in [1.165, 1.54) is 5.56 Å². The Morgan fingerprint density at radius 1 is 1.12 bits per heavy atom. The maximum Gasteiger partial charge on any atom is 0.254 e. The minimum atomic E-state index is 0.188. The smallest absolute Gasteiger partial charge is 0.254 e. The first-order valence-corrected chi connectivity index (χ1v) is 6.58. The molecule has 17 heavy (non-hydrogen) atoms. The van der Waals surface area contributed by atoms with Crippen LogP contribution in [0.25, 0.3) is 0 Å². The van der Waals surface area contributed by atoms with Crippen molar-refractivity contribution in [2.75, 3.05) is 0 Å². The zero-order chi connectivity index (χ0) is 13.2. The van der Waals surface area contributed by atoms with Gasteiger partial charge in [-0.15, -0.1) is 0 Å². The van der Waals surface area contributed by atoms with Crippen LogP contribution in [0.15, 0.2) is 17.1 Å². The lowest BCUT2D eigenvalue weighted by atomic mass is 9.93. The van der Waals surface area contributed by atoms with Crippen LogP contribution < -0.4 is 5.56 Å². The van der Waals surface area contributed by atoms with Crippen LogP contribution in [0.2, 0.25) is 0 Å². The summed E-state index contributed by atoms with van der Waals surface area (Å²) in [5.74, 6) is 0.879. The highest BCUT2D eigenvalue weighted by molar-refractivity contribution is 5.27. The van der Waals surface area contributed by atoms with E-state index in [1.54, 1.807) is 0 Å². The average molecular weight is 235 g/mol. The van der Waals surface area contributed by atoms with Crippen molar-refractivity contribution in [2.24, 2.45) is 5.92 Å². The molecule has 0 aliphatic heterocycles. The SMILES string of the molecule is CC(C)Cc1ccn(C(C)C)c(=O)c1C(C)C. The molecule has 0 unspecified atom stereocenters. The van der Waals surface area contributed by atoms with Crippen LogP contribution in [0.5, 0.6) is 0 Å². The standard InChI is InChI=1S/C15H25NO/c1-10(2)9-13-7-8-16(12(5)6)15(17)14(13)11(3)4/h7-8,10-12H,9H2,1-6H3. The molecule has 0 fully saturated rings. The van der Waals surface area contributed by atoms with Crippen molar-refractivity contribution in [3.8, 4) is 0 Å². The van der Waals surface area contributed by atoms with E-state index < -0.39 is 0 Å². The predicted molar refractivity (Wildman–Crippen MR) is 73.7 cm³/mol. The number of nitrogens with zero attached hydrogens (tertiary/aromatic N) is 1. The Kier molecular flexibility index (Phi) is 4.55. The minimum Gasteiger partial charge on any atom is -0.313 e. The molecule has 1 aromatic heterocycles. The molecule has 96 valence electrons. The van der Waals surface area contributed by atoms with Gasteiger partial charge in [0, 0.05) is 17.8 Å². The Labute approximate surface area is 105 Å². The van der Waals surface area contributed by atoms with E-state index in [9.17, 15) is 4.79 Å². The molecule has 0 saturated carbocycles. The van der Waals surface area contributed by atoms with Crippen molar-refractivity contribution >= 4 is 0 Å². The first-order chi connectivity index (χ1) is 7.84. The molecule has 1 heterocycles. The third-order valence-corrected chi connectivity index (χ3v) is 3.01. The molecule has 2 heteroatoms. The lowest BCUT2D eigenvalue weighted by molar-refractivity contribution is 0.561. The first-order valence-electron chi connectivity index (χ1n) is 6.58. The van der Waals surface area contributed by atoms with Gasteiger partial charge in [0.15, 0.2) is 0 Å². The Balaban J connectivity index is 3.35. The van der Waals surface area contributed by atoms with Crippen LogP contribution >= 0.6 is 0 Å². The Bertz CT molecular complexity index is 427. The third kappa shape index (κ3) is 3.21. The second kappa shape index (κ2) is 5.52. The number of rotatable bonds is 4. The topological polar surface area (TPSA) is 22.0 Å². The highest BCUT2D eigenvalue weighted by Gasteiger charge is 2.15. The number of aromatic nitrogens is 1. The van der Waals surface area contributed by atoms with Gasteiger partial charge in [0.25, 0.3) is 5.56 Å². The van der Waals surface area contributed by atoms with E-state index in [0.717, 1.165) is 12.0 Å². The monoisotopic (exact) mass is 235 g/mol. The van der Waals surface area contributed by atoms with Gasteiger partial charge in [-0.1, -0.05) is 27.7 Å². The molecule has 0 aliphatic carbocycles. The van der Waals surface area contributed by atoms with Crippen molar-refractivity contribution in [1.82, 2.24) is 4.57 Å². The van der Waals surface area contributed by atoms with E-state index in [2.05, 4.69) is 33.8 Å². The molecule has 0 spiro atoms. The quantitative estimate of drug-likeness (QED) is 0.779. The van der Waals surface area contributed by atoms with Gasteiger partial charge in [-0.3, -0.25) is 4.79 Å². The zero-order valence-corrected chi connectivity index (χ0v) is 11.9. The Morgan fingerprint density at radius 3 is 2.12 bits per heavy atom. The molecule has 0 bridgehead atoms. The summed E-state index contributed by atoms with van der Waals surface area (Å²) in [6, 6.07) is 2.35. The largest absolute Gasteiger partial charge is 0.313 e. The zero-order valence-electron chi connectivity index (χ0n) is 11.9. The second-order valence-corrected chi connectivity index (χ2v) is 5.81. The molecule has 0 amide bonds. The summed E-state index contributed by atoms with van der Waals surface area (Å²) >= 11 is 0. The van der Waals surface area contributed by atoms with Crippen molar-refractivity contribution in [3.63, 3.8) is 0 Å². The fraction of sp³-hybridized carbons (Fsp3) is 0.667. The van der Waals surface area contributed by atoms with Crippen LogP contribution in [-0.2, 0) is 6.42 Å². The van der Waals surface area contributed by atoms with E-state index >= 15 is 0 Å². The van der Waals surface area contributed by atoms with Crippen LogP contribution in [0.1, 0.15) is 64.6 Å². The summed E-state index contributed by atoms with van der Waals surface area (Å²) in [6.45, 7) is 12.7. The summed E-state index contributed by atoms with van der Waals surface area (Å²) in [5, 5.41) is 0. The van der Waals surface area contributed by atoms with Gasteiger partial charge >= 0.3 is 0 Å². The molecule has 0 atom stereocenters. The molecule has 1 aromatic rings. The van der Waals surface area contributed by atoms with Gasteiger partial charge in [-0.05, 0) is 43.7 Å². The molecule has 0 aliphatic rings. The van der Waals surface area contributed by atoms with Gasteiger partial charge in [-0.25, -0.2) is 0 Å². The molecule has 1 rings (SSSR count). The van der Waals surface area contributed by atoms with E-state index in [1.807, 2.05) is 24.6 Å². The maximum atomic E-state index is 12.4. The van der Waals surface area contributed by atoms with Crippen LogP contribution in [-0.4, -0.2) is 4.57 Å². The third-order valence-electron chi connectivity index (χ3n) is 3.01. The normalized spacial score (nSPS) is 11.8. The maximum absolute atomic E-state index is 12.4. The molecule has 0 N–H and O–H groups in total. The van der Waals surface area contributed by atoms with Gasteiger partial charge in [0.2, 0.25) is 0 Å². The second-order valence-electron chi connectivity index (χ2n) is 5.81. The molecule has 2 nitrogen and oxygen atoms in total. The van der Waals surface area contributed by atoms with Crippen molar-refractivity contribution in [1.29, 1.82) is 0 Å². The summed E-state index contributed by atoms with van der Waals surface area (Å²) < 4.78 is 1.83. The minimum absolute atomic E-state index is 0.188. The van der Waals surface area contributed by atoms with Gasteiger partial charge in [0.1, 0.15) is 0 Å². The van der Waals surface area contributed by atoms with Crippen molar-refractivity contribution in [2.45, 2.75) is 59.9 Å². The van der Waals surface area contributed by atoms with Crippen LogP contribution in [0.4, 0.5) is 0 Å². The van der Waals surface area contributed by atoms with Crippen molar-refractivity contribution < 1.29 is 0 Å². The highest BCUT2D eigenvalue weighted by atomic mass is 16.1. The highest BCUT2D eigenvalue weighted by Crippen LogP contribution is 2.19. The fourth-order valence-corrected chi connectivity index (χ4v) is 2.25.